The van der Waals surface area contributed by atoms with E-state index in [1.54, 1.807) is 0 Å². The lowest BCUT2D eigenvalue weighted by molar-refractivity contribution is 0.211. The summed E-state index contributed by atoms with van der Waals surface area (Å²) in [7, 11) is 2.14. The first-order valence-electron chi connectivity index (χ1n) is 7.60. The third kappa shape index (κ3) is 5.25. The highest BCUT2D eigenvalue weighted by atomic mass is 14.9. The first kappa shape index (κ1) is 14.8. The summed E-state index contributed by atoms with van der Waals surface area (Å²) in [6.45, 7) is 6.12. The van der Waals surface area contributed by atoms with Crippen LogP contribution in [0.2, 0.25) is 0 Å². The Morgan fingerprint density at radius 3 is 2.53 bits per heavy atom. The summed E-state index contributed by atoms with van der Waals surface area (Å²) < 4.78 is 0. The summed E-state index contributed by atoms with van der Waals surface area (Å²) in [6, 6.07) is 0.748. The molecule has 1 N–H and O–H groups in total. The molecule has 0 amide bonds. The third-order valence-electron chi connectivity index (χ3n) is 4.45. The van der Waals surface area contributed by atoms with Gasteiger partial charge in [-0.1, -0.05) is 38.7 Å². The van der Waals surface area contributed by atoms with Crippen LogP contribution >= 0.6 is 0 Å². The Labute approximate surface area is 108 Å². The van der Waals surface area contributed by atoms with E-state index in [4.69, 9.17) is 0 Å². The minimum absolute atomic E-state index is 0.748. The van der Waals surface area contributed by atoms with Crippen LogP contribution in [-0.4, -0.2) is 13.1 Å². The fourth-order valence-electron chi connectivity index (χ4n) is 3.39. The van der Waals surface area contributed by atoms with E-state index in [0.717, 1.165) is 17.9 Å². The first-order chi connectivity index (χ1) is 8.31. The normalized spacial score (nSPS) is 26.7. The predicted molar refractivity (Wildman–Crippen MR) is 77.3 cm³/mol. The van der Waals surface area contributed by atoms with Crippen molar-refractivity contribution in [1.82, 2.24) is 5.32 Å². The number of allylic oxidation sites excluding steroid dienone is 1. The number of hydrogen-bond acceptors (Lipinski definition) is 1. The standard InChI is InChI=1S/C16H31N/c1-4-6-7-9-16(17-3)15-12-10-14(8-5-2)11-13-15/h4,14-17H,1,5-13H2,2-3H3. The molecule has 1 aliphatic carbocycles. The van der Waals surface area contributed by atoms with Crippen molar-refractivity contribution in [2.75, 3.05) is 7.05 Å². The van der Waals surface area contributed by atoms with Crippen LogP contribution in [0.25, 0.3) is 0 Å². The van der Waals surface area contributed by atoms with E-state index < -0.39 is 0 Å². The van der Waals surface area contributed by atoms with Crippen molar-refractivity contribution >= 4 is 0 Å². The molecule has 1 saturated carbocycles. The van der Waals surface area contributed by atoms with E-state index in [1.807, 2.05) is 6.08 Å². The van der Waals surface area contributed by atoms with Crippen LogP contribution in [0.3, 0.4) is 0 Å². The SMILES string of the molecule is C=CCCCC(NC)C1CCC(CCC)CC1. The van der Waals surface area contributed by atoms with Gasteiger partial charge in [0, 0.05) is 6.04 Å². The second-order valence-electron chi connectivity index (χ2n) is 5.68. The highest BCUT2D eigenvalue weighted by Gasteiger charge is 2.25. The molecule has 1 atom stereocenters. The van der Waals surface area contributed by atoms with Crippen molar-refractivity contribution in [2.45, 2.75) is 70.8 Å². The van der Waals surface area contributed by atoms with E-state index >= 15 is 0 Å². The zero-order valence-electron chi connectivity index (χ0n) is 11.9. The van der Waals surface area contributed by atoms with Crippen molar-refractivity contribution in [3.05, 3.63) is 12.7 Å². The average molecular weight is 237 g/mol. The molecule has 17 heavy (non-hydrogen) atoms. The van der Waals surface area contributed by atoms with E-state index in [9.17, 15) is 0 Å². The Kier molecular flexibility index (Phi) is 7.59. The van der Waals surface area contributed by atoms with Gasteiger partial charge in [-0.3, -0.25) is 0 Å². The van der Waals surface area contributed by atoms with Gasteiger partial charge in [0.05, 0.1) is 0 Å². The van der Waals surface area contributed by atoms with Crippen LogP contribution in [-0.2, 0) is 0 Å². The van der Waals surface area contributed by atoms with Crippen molar-refractivity contribution in [2.24, 2.45) is 11.8 Å². The number of unbranched alkanes of at least 4 members (excludes halogenated alkanes) is 1. The lowest BCUT2D eigenvalue weighted by Gasteiger charge is -2.34. The van der Waals surface area contributed by atoms with Gasteiger partial charge in [-0.25, -0.2) is 0 Å². The zero-order chi connectivity index (χ0) is 12.5. The Bertz CT molecular complexity index is 192. The highest BCUT2D eigenvalue weighted by molar-refractivity contribution is 4.82. The lowest BCUT2D eigenvalue weighted by Crippen LogP contribution is -2.35. The van der Waals surface area contributed by atoms with E-state index in [0.29, 0.717) is 0 Å². The van der Waals surface area contributed by atoms with Gasteiger partial charge in [0.15, 0.2) is 0 Å². The molecule has 1 aliphatic rings. The van der Waals surface area contributed by atoms with Gasteiger partial charge in [0.1, 0.15) is 0 Å². The Morgan fingerprint density at radius 1 is 1.29 bits per heavy atom. The maximum atomic E-state index is 3.81. The van der Waals surface area contributed by atoms with Gasteiger partial charge in [0.2, 0.25) is 0 Å². The predicted octanol–water partition coefficient (Wildman–Crippen LogP) is 4.54. The lowest BCUT2D eigenvalue weighted by atomic mass is 9.76. The minimum atomic E-state index is 0.748. The van der Waals surface area contributed by atoms with Crippen molar-refractivity contribution < 1.29 is 0 Å². The Balaban J connectivity index is 2.26. The van der Waals surface area contributed by atoms with Gasteiger partial charge >= 0.3 is 0 Å². The second-order valence-corrected chi connectivity index (χ2v) is 5.68. The quantitative estimate of drug-likeness (QED) is 0.483. The molecule has 0 heterocycles. The molecule has 1 unspecified atom stereocenters. The second kappa shape index (κ2) is 8.74. The van der Waals surface area contributed by atoms with Crippen LogP contribution in [0.4, 0.5) is 0 Å². The maximum Gasteiger partial charge on any atom is 0.00924 e. The Hall–Kier alpha value is -0.300. The van der Waals surface area contributed by atoms with E-state index in [1.165, 1.54) is 57.8 Å². The average Bonchev–Trinajstić information content (AvgIpc) is 2.36. The zero-order valence-corrected chi connectivity index (χ0v) is 11.9. The third-order valence-corrected chi connectivity index (χ3v) is 4.45. The number of nitrogens with one attached hydrogen (secondary N) is 1. The molecule has 0 aromatic rings. The molecule has 0 bridgehead atoms. The maximum absolute atomic E-state index is 3.81. The highest BCUT2D eigenvalue weighted by Crippen LogP contribution is 2.34. The summed E-state index contributed by atoms with van der Waals surface area (Å²) in [4.78, 5) is 0. The molecule has 1 fully saturated rings. The van der Waals surface area contributed by atoms with Crippen LogP contribution in [0.15, 0.2) is 12.7 Å². The molecule has 1 rings (SSSR count). The molecule has 0 aromatic carbocycles. The molecule has 100 valence electrons. The first-order valence-corrected chi connectivity index (χ1v) is 7.60. The van der Waals surface area contributed by atoms with Gasteiger partial charge in [-0.2, -0.15) is 0 Å². The van der Waals surface area contributed by atoms with Gasteiger partial charge in [0.25, 0.3) is 0 Å². The largest absolute Gasteiger partial charge is 0.317 e. The van der Waals surface area contributed by atoms with Crippen LogP contribution in [0.5, 0.6) is 0 Å². The fourth-order valence-corrected chi connectivity index (χ4v) is 3.39. The molecule has 0 spiro atoms. The minimum Gasteiger partial charge on any atom is -0.317 e. The van der Waals surface area contributed by atoms with Gasteiger partial charge in [-0.05, 0) is 51.0 Å². The molecular formula is C16H31N. The van der Waals surface area contributed by atoms with Crippen molar-refractivity contribution in [3.8, 4) is 0 Å². The number of rotatable bonds is 8. The van der Waals surface area contributed by atoms with Crippen LogP contribution in [0.1, 0.15) is 64.7 Å². The summed E-state index contributed by atoms with van der Waals surface area (Å²) in [5.41, 5.74) is 0. The molecular weight excluding hydrogens is 206 g/mol. The summed E-state index contributed by atoms with van der Waals surface area (Å²) in [6.07, 6.45) is 14.5. The topological polar surface area (TPSA) is 12.0 Å². The molecule has 0 aromatic heterocycles. The van der Waals surface area contributed by atoms with Crippen molar-refractivity contribution in [3.63, 3.8) is 0 Å². The fraction of sp³-hybridized carbons (Fsp3) is 0.875. The smallest absolute Gasteiger partial charge is 0.00924 e. The van der Waals surface area contributed by atoms with Crippen molar-refractivity contribution in [1.29, 1.82) is 0 Å². The van der Waals surface area contributed by atoms with Crippen LogP contribution < -0.4 is 5.32 Å². The van der Waals surface area contributed by atoms with E-state index in [-0.39, 0.29) is 0 Å². The van der Waals surface area contributed by atoms with E-state index in [2.05, 4.69) is 25.9 Å². The molecule has 0 saturated heterocycles. The summed E-state index contributed by atoms with van der Waals surface area (Å²) in [5, 5.41) is 3.54. The Morgan fingerprint density at radius 2 is 2.00 bits per heavy atom. The molecule has 1 heteroatoms. The molecule has 1 nitrogen and oxygen atoms in total. The van der Waals surface area contributed by atoms with Gasteiger partial charge < -0.3 is 5.32 Å². The van der Waals surface area contributed by atoms with Crippen LogP contribution in [0, 0.1) is 11.8 Å². The van der Waals surface area contributed by atoms with Gasteiger partial charge in [-0.15, -0.1) is 6.58 Å². The molecule has 0 aliphatic heterocycles. The summed E-state index contributed by atoms with van der Waals surface area (Å²) in [5.74, 6) is 1.96. The number of hydrogen-bond donors (Lipinski definition) is 1. The summed E-state index contributed by atoms with van der Waals surface area (Å²) >= 11 is 0. The monoisotopic (exact) mass is 237 g/mol. The molecule has 0 radical (unpaired) electrons.